The molecule has 0 aromatic heterocycles. The van der Waals surface area contributed by atoms with Crippen molar-refractivity contribution in [3.8, 4) is 5.75 Å². The van der Waals surface area contributed by atoms with Gasteiger partial charge in [-0.05, 0) is 18.2 Å². The monoisotopic (exact) mass is 353 g/mol. The number of carbonyl (C=O) groups is 1. The summed E-state index contributed by atoms with van der Waals surface area (Å²) in [4.78, 5) is 14.4. The summed E-state index contributed by atoms with van der Waals surface area (Å²) in [6.07, 6.45) is 4.88. The van der Waals surface area contributed by atoms with E-state index in [9.17, 15) is 20.1 Å². The Hall–Kier alpha value is -3.28. The molecule has 0 saturated heterocycles. The Morgan fingerprint density at radius 1 is 1.00 bits per heavy atom. The summed E-state index contributed by atoms with van der Waals surface area (Å²) in [6.45, 7) is 0. The molecule has 0 spiro atoms. The van der Waals surface area contributed by atoms with Crippen molar-refractivity contribution < 1.29 is 24.7 Å². The van der Waals surface area contributed by atoms with Gasteiger partial charge in [0.25, 0.3) is 0 Å². The Morgan fingerprint density at radius 2 is 1.69 bits per heavy atom. The normalized spacial score (nSPS) is 19.5. The molecule has 6 nitrogen and oxygen atoms in total. The van der Waals surface area contributed by atoms with Gasteiger partial charge in [0.05, 0.1) is 17.2 Å². The second kappa shape index (κ2) is 6.22. The molecular formula is C20H21N2O4+. The Kier molecular flexibility index (Phi) is 4.20. The molecule has 0 radical (unpaired) electrons. The van der Waals surface area contributed by atoms with Crippen molar-refractivity contribution in [2.45, 2.75) is 0 Å². The predicted molar refractivity (Wildman–Crippen MR) is 101 cm³/mol. The summed E-state index contributed by atoms with van der Waals surface area (Å²) in [5, 5.41) is 30.9. The van der Waals surface area contributed by atoms with E-state index in [-0.39, 0.29) is 39.6 Å². The van der Waals surface area contributed by atoms with Crippen molar-refractivity contribution in [1.29, 1.82) is 0 Å². The molecule has 1 aromatic carbocycles. The van der Waals surface area contributed by atoms with Gasteiger partial charge in [0.2, 0.25) is 11.5 Å². The van der Waals surface area contributed by atoms with E-state index in [1.807, 2.05) is 37.7 Å². The van der Waals surface area contributed by atoms with Crippen molar-refractivity contribution in [2.75, 3.05) is 33.1 Å². The lowest BCUT2D eigenvalue weighted by molar-refractivity contribution is -0.462. The summed E-state index contributed by atoms with van der Waals surface area (Å²) in [5.41, 5.74) is 2.20. The van der Waals surface area contributed by atoms with Crippen molar-refractivity contribution in [2.24, 2.45) is 0 Å². The molecule has 0 heterocycles. The highest BCUT2D eigenvalue weighted by molar-refractivity contribution is 6.40. The van der Waals surface area contributed by atoms with Crippen LogP contribution in [0.25, 0.3) is 5.57 Å². The van der Waals surface area contributed by atoms with E-state index >= 15 is 0 Å². The molecular weight excluding hydrogens is 332 g/mol. The van der Waals surface area contributed by atoms with Gasteiger partial charge in [-0.25, -0.2) is 4.58 Å². The van der Waals surface area contributed by atoms with E-state index in [1.54, 1.807) is 24.3 Å². The molecule has 2 aliphatic rings. The van der Waals surface area contributed by atoms with E-state index in [0.29, 0.717) is 0 Å². The van der Waals surface area contributed by atoms with Gasteiger partial charge in [-0.15, -0.1) is 0 Å². The molecule has 134 valence electrons. The van der Waals surface area contributed by atoms with Crippen LogP contribution in [0.3, 0.4) is 0 Å². The van der Waals surface area contributed by atoms with Crippen LogP contribution in [0.2, 0.25) is 0 Å². The van der Waals surface area contributed by atoms with E-state index in [4.69, 9.17) is 0 Å². The standard InChI is InChI=1S/C20H20N2O4/c1-21(2)11-5-7-13(15(23)9-11)17-19(25)18(20(17)26)14-8-6-12(22(3)4)10-16(14)24/h5-10H,1-4H3,(H2,23,24,25,26)/p+1. The largest absolute Gasteiger partial charge is 0.507 e. The fourth-order valence-electron chi connectivity index (χ4n) is 2.92. The maximum absolute atomic E-state index is 12.6. The van der Waals surface area contributed by atoms with Gasteiger partial charge in [0.1, 0.15) is 31.4 Å². The number of allylic oxidation sites excluding steroid dienone is 5. The lowest BCUT2D eigenvalue weighted by Gasteiger charge is -2.25. The lowest BCUT2D eigenvalue weighted by Crippen LogP contribution is -2.24. The smallest absolute Gasteiger partial charge is 0.203 e. The second-order valence-corrected chi connectivity index (χ2v) is 6.62. The predicted octanol–water partition coefficient (Wildman–Crippen LogP) is 2.33. The fourth-order valence-corrected chi connectivity index (χ4v) is 2.92. The minimum Gasteiger partial charge on any atom is -0.507 e. The summed E-state index contributed by atoms with van der Waals surface area (Å²) < 4.78 is 1.82. The highest BCUT2D eigenvalue weighted by atomic mass is 16.3. The first kappa shape index (κ1) is 17.5. The molecule has 3 rings (SSSR count). The number of hydrogen-bond donors (Lipinski definition) is 3. The summed E-state index contributed by atoms with van der Waals surface area (Å²) in [7, 11) is 7.36. The molecule has 0 saturated carbocycles. The number of aliphatic hydroxyl groups excluding tert-OH is 2. The molecule has 3 N–H and O–H groups in total. The number of rotatable bonds is 2. The zero-order chi connectivity index (χ0) is 19.2. The lowest BCUT2D eigenvalue weighted by atomic mass is 9.79. The number of aromatic hydroxyl groups is 1. The van der Waals surface area contributed by atoms with E-state index < -0.39 is 5.78 Å². The van der Waals surface area contributed by atoms with Gasteiger partial charge in [0.15, 0.2) is 0 Å². The number of phenols is 1. The van der Waals surface area contributed by atoms with Crippen LogP contribution in [-0.2, 0) is 4.79 Å². The molecule has 0 amide bonds. The van der Waals surface area contributed by atoms with Crippen LogP contribution in [0, 0.1) is 0 Å². The molecule has 0 bridgehead atoms. The number of aliphatic hydroxyl groups is 2. The zero-order valence-corrected chi connectivity index (χ0v) is 15.1. The maximum Gasteiger partial charge on any atom is 0.203 e. The Labute approximate surface area is 151 Å². The Balaban J connectivity index is 2.06. The number of Topliss-reactive ketones (excluding diaryl/α,β-unsaturated/α-hetero) is 1. The van der Waals surface area contributed by atoms with Gasteiger partial charge in [-0.2, -0.15) is 0 Å². The third-order valence-electron chi connectivity index (χ3n) is 4.46. The second-order valence-electron chi connectivity index (χ2n) is 6.62. The van der Waals surface area contributed by atoms with Crippen molar-refractivity contribution in [3.05, 3.63) is 64.7 Å². The molecule has 1 aromatic rings. The first-order valence-corrected chi connectivity index (χ1v) is 8.09. The molecule has 0 unspecified atom stereocenters. The highest BCUT2D eigenvalue weighted by Gasteiger charge is 2.39. The molecule has 0 aliphatic heterocycles. The summed E-state index contributed by atoms with van der Waals surface area (Å²) >= 11 is 0. The number of anilines is 1. The van der Waals surface area contributed by atoms with Crippen LogP contribution in [0.1, 0.15) is 5.56 Å². The molecule has 0 fully saturated rings. The van der Waals surface area contributed by atoms with Crippen LogP contribution >= 0.6 is 0 Å². The van der Waals surface area contributed by atoms with Gasteiger partial charge in [-0.1, -0.05) is 0 Å². The number of carbonyl (C=O) groups excluding carboxylic acids is 1. The molecule has 2 aliphatic carbocycles. The number of hydrogen-bond acceptors (Lipinski definition) is 5. The van der Waals surface area contributed by atoms with Gasteiger partial charge >= 0.3 is 0 Å². The topological polar surface area (TPSA) is 84.0 Å². The van der Waals surface area contributed by atoms with Crippen LogP contribution in [-0.4, -0.2) is 59.6 Å². The minimum absolute atomic E-state index is 0.0545. The fraction of sp³-hybridized carbons (Fsp3) is 0.200. The Morgan fingerprint density at radius 3 is 2.19 bits per heavy atom. The Bertz CT molecular complexity index is 972. The van der Waals surface area contributed by atoms with E-state index in [1.165, 1.54) is 12.1 Å². The average Bonchev–Trinajstić information content (AvgIpc) is 2.58. The van der Waals surface area contributed by atoms with Crippen molar-refractivity contribution in [3.63, 3.8) is 0 Å². The van der Waals surface area contributed by atoms with Gasteiger partial charge in [-0.3, -0.25) is 4.79 Å². The SMILES string of the molecule is CN(C)c1ccc(C2=C(O)/C(=C3\C=CC(=[N+](C)C)C=C3O)C2=O)c(O)c1. The van der Waals surface area contributed by atoms with E-state index in [0.717, 1.165) is 11.4 Å². The molecule has 0 atom stereocenters. The van der Waals surface area contributed by atoms with Crippen LogP contribution in [0.5, 0.6) is 5.75 Å². The maximum atomic E-state index is 12.6. The van der Waals surface area contributed by atoms with Crippen LogP contribution in [0.4, 0.5) is 5.69 Å². The van der Waals surface area contributed by atoms with E-state index in [2.05, 4.69) is 0 Å². The first-order valence-electron chi connectivity index (χ1n) is 8.09. The van der Waals surface area contributed by atoms with Crippen LogP contribution in [0.15, 0.2) is 59.1 Å². The van der Waals surface area contributed by atoms with Crippen LogP contribution < -0.4 is 4.90 Å². The molecule has 6 heteroatoms. The summed E-state index contributed by atoms with van der Waals surface area (Å²) in [6, 6.07) is 4.88. The van der Waals surface area contributed by atoms with Crippen molar-refractivity contribution >= 4 is 22.8 Å². The first-order chi connectivity index (χ1) is 12.2. The highest BCUT2D eigenvalue weighted by Crippen LogP contribution is 2.43. The number of benzene rings is 1. The third kappa shape index (κ3) is 2.69. The van der Waals surface area contributed by atoms with Crippen molar-refractivity contribution in [1.82, 2.24) is 0 Å². The zero-order valence-electron chi connectivity index (χ0n) is 15.1. The molecule has 26 heavy (non-hydrogen) atoms. The number of nitrogens with zero attached hydrogens (tertiary/aromatic N) is 2. The van der Waals surface area contributed by atoms with Gasteiger partial charge < -0.3 is 20.2 Å². The quantitative estimate of drug-likeness (QED) is 0.561. The number of ketones is 1. The third-order valence-corrected chi connectivity index (χ3v) is 4.46. The summed E-state index contributed by atoms with van der Waals surface area (Å²) in [5.74, 6) is -0.811. The number of phenolic OH excluding ortho intramolecular Hbond substituents is 1. The van der Waals surface area contributed by atoms with Gasteiger partial charge in [0, 0.05) is 43.1 Å². The average molecular weight is 353 g/mol. The minimum atomic E-state index is -0.414.